The molecule has 234 valence electrons. The van der Waals surface area contributed by atoms with Crippen molar-refractivity contribution < 1.29 is 59.3 Å². The van der Waals surface area contributed by atoms with E-state index in [-0.39, 0.29) is 11.2 Å². The molecule has 3 aromatic rings. The first-order valence-corrected chi connectivity index (χ1v) is 14.4. The van der Waals surface area contributed by atoms with Gasteiger partial charge in [-0.05, 0) is 42.3 Å². The van der Waals surface area contributed by atoms with Gasteiger partial charge in [0, 0.05) is 42.2 Å². The first kappa shape index (κ1) is 33.7. The predicted molar refractivity (Wildman–Crippen MR) is 139 cm³/mol. The van der Waals surface area contributed by atoms with Gasteiger partial charge in [0.15, 0.2) is 9.84 Å². The molecule has 2 aliphatic heterocycles. The fourth-order valence-corrected chi connectivity index (χ4v) is 7.49. The first-order valence-electron chi connectivity index (χ1n) is 12.0. The topological polar surface area (TPSA) is 147 Å². The fourth-order valence-electron chi connectivity index (χ4n) is 4.48. The largest absolute Gasteiger partial charge is 0.490 e. The van der Waals surface area contributed by atoms with Crippen LogP contribution in [0.5, 0.6) is 5.88 Å². The number of halogens is 6. The van der Waals surface area contributed by atoms with E-state index in [2.05, 4.69) is 14.9 Å². The maximum Gasteiger partial charge on any atom is 0.490 e. The molecule has 0 spiro atoms. The van der Waals surface area contributed by atoms with Gasteiger partial charge in [-0.15, -0.1) is 11.3 Å². The molecule has 10 nitrogen and oxygen atoms in total. The molecule has 0 amide bonds. The molecule has 2 unspecified atom stereocenters. The third-order valence-corrected chi connectivity index (χ3v) is 9.61. The summed E-state index contributed by atoms with van der Waals surface area (Å²) in [5.41, 5.74) is 5.60. The molecule has 2 atom stereocenters. The van der Waals surface area contributed by atoms with Crippen LogP contribution in [-0.4, -0.2) is 83.2 Å². The second-order valence-corrected chi connectivity index (χ2v) is 12.2. The van der Waals surface area contributed by atoms with E-state index in [4.69, 9.17) is 24.5 Å². The van der Waals surface area contributed by atoms with Crippen LogP contribution >= 0.6 is 11.3 Å². The normalized spacial score (nSPS) is 18.8. The molecule has 0 saturated carbocycles. The lowest BCUT2D eigenvalue weighted by atomic mass is 9.95. The van der Waals surface area contributed by atoms with Crippen LogP contribution in [0.25, 0.3) is 11.1 Å². The highest BCUT2D eigenvalue weighted by atomic mass is 32.2. The lowest BCUT2D eigenvalue weighted by molar-refractivity contribution is -0.193. The van der Waals surface area contributed by atoms with Crippen LogP contribution in [0.2, 0.25) is 0 Å². The molecule has 2 aromatic heterocycles. The molecule has 0 bridgehead atoms. The summed E-state index contributed by atoms with van der Waals surface area (Å²) in [6.07, 6.45) is -8.48. The molecule has 18 heteroatoms. The number of hydrogen-bond donors (Lipinski definition) is 2. The Bertz CT molecular complexity index is 1570. The number of pyridine rings is 1. The summed E-state index contributed by atoms with van der Waals surface area (Å²) in [5, 5.41) is 13.9. The molecule has 0 aliphatic carbocycles. The molecule has 1 fully saturated rings. The van der Waals surface area contributed by atoms with Crippen LogP contribution in [0.1, 0.15) is 22.1 Å². The number of fused-ring (bicyclic) bond motifs is 3. The lowest BCUT2D eigenvalue weighted by Gasteiger charge is -2.17. The van der Waals surface area contributed by atoms with Crippen LogP contribution in [-0.2, 0) is 26.0 Å². The van der Waals surface area contributed by atoms with Gasteiger partial charge in [-0.2, -0.15) is 26.3 Å². The Balaban J connectivity index is 0.000000303. The Morgan fingerprint density at radius 3 is 2.16 bits per heavy atom. The van der Waals surface area contributed by atoms with Gasteiger partial charge < -0.3 is 14.9 Å². The highest BCUT2D eigenvalue weighted by Gasteiger charge is 2.50. The third-order valence-electron chi connectivity index (χ3n) is 6.43. The lowest BCUT2D eigenvalue weighted by Crippen LogP contribution is -2.25. The number of sulfone groups is 1. The van der Waals surface area contributed by atoms with E-state index in [1.807, 2.05) is 36.7 Å². The van der Waals surface area contributed by atoms with Crippen molar-refractivity contribution in [1.29, 1.82) is 0 Å². The van der Waals surface area contributed by atoms with Crippen molar-refractivity contribution in [2.45, 2.75) is 41.9 Å². The highest BCUT2D eigenvalue weighted by molar-refractivity contribution is 7.92. The highest BCUT2D eigenvalue weighted by Crippen LogP contribution is 2.47. The Morgan fingerprint density at radius 1 is 1.05 bits per heavy atom. The molecule has 5 rings (SSSR count). The zero-order chi connectivity index (χ0) is 32.3. The number of rotatable bonds is 4. The molecule has 1 saturated heterocycles. The third kappa shape index (κ3) is 7.80. The standard InChI is InChI=1S/C21H21N3O3S2.2C2HF3O2/c1-13-18(28-12-23-13)10-24-9-17-16-8-14(15-4-3-7-22-21(15)27-2)5-6-19(16)29(25,26)20(17)11-24;2*3-2(4,5)1(6)7/h3-8,12,17,20H,9-11H2,1-2H3;2*(H,6,7). The van der Waals surface area contributed by atoms with E-state index in [1.54, 1.807) is 30.7 Å². The zero-order valence-corrected chi connectivity index (χ0v) is 23.8. The van der Waals surface area contributed by atoms with E-state index in [0.717, 1.165) is 35.5 Å². The quantitative estimate of drug-likeness (QED) is 0.384. The van der Waals surface area contributed by atoms with E-state index in [0.29, 0.717) is 17.3 Å². The van der Waals surface area contributed by atoms with Crippen molar-refractivity contribution in [3.8, 4) is 17.0 Å². The molecule has 0 radical (unpaired) electrons. The number of aliphatic carboxylic acids is 2. The van der Waals surface area contributed by atoms with Gasteiger partial charge in [0.1, 0.15) is 0 Å². The van der Waals surface area contributed by atoms with Gasteiger partial charge in [-0.3, -0.25) is 4.90 Å². The number of alkyl halides is 6. The number of ether oxygens (including phenoxy) is 1. The minimum atomic E-state index is -5.08. The number of carboxylic acids is 2. The number of hydrogen-bond acceptors (Lipinski definition) is 9. The molecule has 2 aliphatic rings. The van der Waals surface area contributed by atoms with Gasteiger partial charge in [0.2, 0.25) is 5.88 Å². The van der Waals surface area contributed by atoms with Crippen molar-refractivity contribution in [1.82, 2.24) is 14.9 Å². The molecule has 43 heavy (non-hydrogen) atoms. The molecular formula is C25H23F6N3O7S2. The van der Waals surface area contributed by atoms with Gasteiger partial charge in [-0.25, -0.2) is 28.0 Å². The SMILES string of the molecule is COc1ncccc1-c1ccc2c(c1)C1CN(Cc3scnc3C)CC1S2(=O)=O.O=C(O)C(F)(F)F.O=C(O)C(F)(F)F. The number of aromatic nitrogens is 2. The Kier molecular flexibility index (Phi) is 10.1. The summed E-state index contributed by atoms with van der Waals surface area (Å²) in [4.78, 5) is 30.3. The van der Waals surface area contributed by atoms with E-state index in [1.165, 1.54) is 4.88 Å². The average molecular weight is 656 g/mol. The number of methoxy groups -OCH3 is 1. The summed E-state index contributed by atoms with van der Waals surface area (Å²) >= 11 is 1.63. The average Bonchev–Trinajstić information content (AvgIpc) is 3.59. The first-order chi connectivity index (χ1) is 19.9. The molecular weight excluding hydrogens is 632 g/mol. The summed E-state index contributed by atoms with van der Waals surface area (Å²) in [6.45, 7) is 4.05. The minimum Gasteiger partial charge on any atom is -0.481 e. The Labute approximate surface area is 244 Å². The van der Waals surface area contributed by atoms with E-state index in [9.17, 15) is 34.8 Å². The fraction of sp³-hybridized carbons (Fsp3) is 0.360. The summed E-state index contributed by atoms with van der Waals surface area (Å²) < 4.78 is 95.2. The van der Waals surface area contributed by atoms with Crippen LogP contribution < -0.4 is 4.74 Å². The second kappa shape index (κ2) is 12.8. The van der Waals surface area contributed by atoms with E-state index < -0.39 is 34.1 Å². The van der Waals surface area contributed by atoms with Crippen molar-refractivity contribution >= 4 is 33.1 Å². The van der Waals surface area contributed by atoms with Gasteiger partial charge in [-0.1, -0.05) is 6.07 Å². The smallest absolute Gasteiger partial charge is 0.481 e. The van der Waals surface area contributed by atoms with Gasteiger partial charge in [0.05, 0.1) is 28.5 Å². The minimum absolute atomic E-state index is 0.00848. The second-order valence-electron chi connectivity index (χ2n) is 9.16. The van der Waals surface area contributed by atoms with Crippen molar-refractivity contribution in [3.63, 3.8) is 0 Å². The van der Waals surface area contributed by atoms with Crippen LogP contribution in [0.15, 0.2) is 46.9 Å². The monoisotopic (exact) mass is 655 g/mol. The number of carboxylic acid groups (broad SMARTS) is 2. The number of thiazole rings is 1. The molecule has 4 heterocycles. The zero-order valence-electron chi connectivity index (χ0n) is 22.2. The predicted octanol–water partition coefficient (Wildman–Crippen LogP) is 4.54. The molecule has 1 aromatic carbocycles. The summed E-state index contributed by atoms with van der Waals surface area (Å²) in [7, 11) is -1.73. The van der Waals surface area contributed by atoms with E-state index >= 15 is 0 Å². The number of carbonyl (C=O) groups is 2. The van der Waals surface area contributed by atoms with Crippen LogP contribution in [0.3, 0.4) is 0 Å². The maximum absolute atomic E-state index is 13.2. The van der Waals surface area contributed by atoms with Crippen LogP contribution in [0, 0.1) is 6.92 Å². The van der Waals surface area contributed by atoms with Crippen LogP contribution in [0.4, 0.5) is 26.3 Å². The maximum atomic E-state index is 13.2. The van der Waals surface area contributed by atoms with Gasteiger partial charge in [0.25, 0.3) is 0 Å². The number of nitrogens with zero attached hydrogens (tertiary/aromatic N) is 3. The van der Waals surface area contributed by atoms with Gasteiger partial charge >= 0.3 is 24.3 Å². The van der Waals surface area contributed by atoms with Crippen molar-refractivity contribution in [3.05, 3.63) is 58.2 Å². The van der Waals surface area contributed by atoms with Crippen molar-refractivity contribution in [2.24, 2.45) is 0 Å². The Hall–Kier alpha value is -3.77. The van der Waals surface area contributed by atoms with Crippen molar-refractivity contribution in [2.75, 3.05) is 20.2 Å². The summed E-state index contributed by atoms with van der Waals surface area (Å²) in [6, 6.07) is 9.43. The number of benzene rings is 1. The Morgan fingerprint density at radius 2 is 1.65 bits per heavy atom. The molecule has 2 N–H and O–H groups in total. The number of aryl methyl sites for hydroxylation is 1. The summed E-state index contributed by atoms with van der Waals surface area (Å²) in [5.74, 6) is -4.98. The number of likely N-dealkylation sites (tertiary alicyclic amines) is 1.